The van der Waals surface area contributed by atoms with E-state index in [4.69, 9.17) is 4.74 Å². The fourth-order valence-corrected chi connectivity index (χ4v) is 3.67. The number of fused-ring (bicyclic) bond motifs is 3. The molecule has 1 aliphatic rings. The Labute approximate surface area is 181 Å². The van der Waals surface area contributed by atoms with E-state index in [1.165, 1.54) is 19.9 Å². The Balaban J connectivity index is 1.64. The van der Waals surface area contributed by atoms with Gasteiger partial charge in [0.15, 0.2) is 0 Å². The molecule has 1 unspecified atom stereocenters. The van der Waals surface area contributed by atoms with Crippen molar-refractivity contribution in [1.82, 2.24) is 10.6 Å². The number of rotatable bonds is 8. The Morgan fingerprint density at radius 3 is 2.16 bits per heavy atom. The van der Waals surface area contributed by atoms with Gasteiger partial charge in [0.1, 0.15) is 18.2 Å². The van der Waals surface area contributed by atoms with Crippen LogP contribution < -0.4 is 10.6 Å². The van der Waals surface area contributed by atoms with E-state index >= 15 is 0 Å². The van der Waals surface area contributed by atoms with Crippen molar-refractivity contribution in [2.24, 2.45) is 0 Å². The van der Waals surface area contributed by atoms with Gasteiger partial charge in [-0.25, -0.2) is 9.59 Å². The molecule has 0 aliphatic heterocycles. The van der Waals surface area contributed by atoms with Crippen molar-refractivity contribution < 1.29 is 24.2 Å². The summed E-state index contributed by atoms with van der Waals surface area (Å²) in [6, 6.07) is 14.9. The first-order valence-corrected chi connectivity index (χ1v) is 10.0. The Hall–Kier alpha value is -3.61. The summed E-state index contributed by atoms with van der Waals surface area (Å²) in [5.74, 6) is -1.90. The highest BCUT2D eigenvalue weighted by Gasteiger charge is 2.34. The van der Waals surface area contributed by atoms with E-state index in [0.717, 1.165) is 22.3 Å². The SMILES string of the molecule is C=CCC(NC(=O)C(C)(C)NC(=O)OCC1c2ccccc2-c2ccccc21)C(=O)O. The third kappa shape index (κ3) is 4.77. The predicted octanol–water partition coefficient (Wildman–Crippen LogP) is 3.45. The lowest BCUT2D eigenvalue weighted by atomic mass is 9.98. The fourth-order valence-electron chi connectivity index (χ4n) is 3.67. The second-order valence-corrected chi connectivity index (χ2v) is 7.96. The van der Waals surface area contributed by atoms with Gasteiger partial charge in [-0.2, -0.15) is 0 Å². The fraction of sp³-hybridized carbons (Fsp3) is 0.292. The zero-order chi connectivity index (χ0) is 22.6. The van der Waals surface area contributed by atoms with Crippen LogP contribution in [0.3, 0.4) is 0 Å². The second-order valence-electron chi connectivity index (χ2n) is 7.96. The van der Waals surface area contributed by atoms with Gasteiger partial charge in [0.05, 0.1) is 0 Å². The molecule has 3 rings (SSSR count). The van der Waals surface area contributed by atoms with Gasteiger partial charge in [0.2, 0.25) is 5.91 Å². The van der Waals surface area contributed by atoms with Crippen LogP contribution in [0.2, 0.25) is 0 Å². The molecule has 0 saturated carbocycles. The number of amides is 2. The molecule has 31 heavy (non-hydrogen) atoms. The average Bonchev–Trinajstić information content (AvgIpc) is 3.05. The van der Waals surface area contributed by atoms with Crippen LogP contribution in [0, 0.1) is 0 Å². The molecule has 0 bridgehead atoms. The maximum Gasteiger partial charge on any atom is 0.408 e. The topological polar surface area (TPSA) is 105 Å². The number of carbonyl (C=O) groups excluding carboxylic acids is 2. The lowest BCUT2D eigenvalue weighted by Gasteiger charge is -2.27. The maximum absolute atomic E-state index is 12.5. The molecule has 162 valence electrons. The van der Waals surface area contributed by atoms with Gasteiger partial charge in [0, 0.05) is 5.92 Å². The minimum Gasteiger partial charge on any atom is -0.480 e. The molecular formula is C24H26N2O5. The Morgan fingerprint density at radius 2 is 1.65 bits per heavy atom. The highest BCUT2D eigenvalue weighted by Crippen LogP contribution is 2.44. The van der Waals surface area contributed by atoms with Gasteiger partial charge < -0.3 is 20.5 Å². The molecule has 0 heterocycles. The molecule has 2 amide bonds. The third-order valence-electron chi connectivity index (χ3n) is 5.33. The van der Waals surface area contributed by atoms with Crippen molar-refractivity contribution in [1.29, 1.82) is 0 Å². The summed E-state index contributed by atoms with van der Waals surface area (Å²) in [6.45, 7) is 6.57. The van der Waals surface area contributed by atoms with Crippen LogP contribution in [-0.4, -0.2) is 41.3 Å². The summed E-state index contributed by atoms with van der Waals surface area (Å²) >= 11 is 0. The summed E-state index contributed by atoms with van der Waals surface area (Å²) in [6.07, 6.45) is 0.727. The second kappa shape index (κ2) is 9.04. The number of carbonyl (C=O) groups is 3. The van der Waals surface area contributed by atoms with E-state index in [1.807, 2.05) is 48.5 Å². The zero-order valence-corrected chi connectivity index (χ0v) is 17.6. The normalized spacial score (nSPS) is 13.5. The molecule has 2 aromatic carbocycles. The van der Waals surface area contributed by atoms with E-state index in [9.17, 15) is 19.5 Å². The number of hydrogen-bond acceptors (Lipinski definition) is 4. The van der Waals surface area contributed by atoms with E-state index in [-0.39, 0.29) is 18.9 Å². The van der Waals surface area contributed by atoms with Crippen molar-refractivity contribution in [2.45, 2.75) is 37.8 Å². The summed E-state index contributed by atoms with van der Waals surface area (Å²) in [7, 11) is 0. The summed E-state index contributed by atoms with van der Waals surface area (Å²) in [5, 5.41) is 14.1. The largest absolute Gasteiger partial charge is 0.480 e. The van der Waals surface area contributed by atoms with Crippen molar-refractivity contribution in [3.63, 3.8) is 0 Å². The van der Waals surface area contributed by atoms with Gasteiger partial charge in [-0.1, -0.05) is 54.6 Å². The minimum atomic E-state index is -1.36. The number of alkyl carbamates (subject to hydrolysis) is 1. The Kier molecular flexibility index (Phi) is 6.44. The number of carboxylic acid groups (broad SMARTS) is 1. The zero-order valence-electron chi connectivity index (χ0n) is 17.6. The van der Waals surface area contributed by atoms with Crippen molar-refractivity contribution in [3.05, 3.63) is 72.3 Å². The van der Waals surface area contributed by atoms with Gasteiger partial charge in [-0.3, -0.25) is 4.79 Å². The van der Waals surface area contributed by atoms with Crippen LogP contribution in [0.4, 0.5) is 4.79 Å². The molecule has 7 heteroatoms. The molecule has 0 spiro atoms. The maximum atomic E-state index is 12.5. The first-order valence-electron chi connectivity index (χ1n) is 10.0. The van der Waals surface area contributed by atoms with Gasteiger partial charge in [-0.15, -0.1) is 6.58 Å². The summed E-state index contributed by atoms with van der Waals surface area (Å²) in [4.78, 5) is 36.2. The molecule has 1 aliphatic carbocycles. The van der Waals surface area contributed by atoms with Crippen LogP contribution in [0.1, 0.15) is 37.3 Å². The molecular weight excluding hydrogens is 396 g/mol. The Bertz CT molecular complexity index is 969. The van der Waals surface area contributed by atoms with E-state index in [2.05, 4.69) is 17.2 Å². The minimum absolute atomic E-state index is 0.0715. The quantitative estimate of drug-likeness (QED) is 0.565. The number of benzene rings is 2. The first-order chi connectivity index (χ1) is 14.7. The number of hydrogen-bond donors (Lipinski definition) is 3. The van der Waals surface area contributed by atoms with Crippen LogP contribution in [-0.2, 0) is 14.3 Å². The van der Waals surface area contributed by atoms with E-state index in [1.54, 1.807) is 0 Å². The predicted molar refractivity (Wildman–Crippen MR) is 117 cm³/mol. The molecule has 0 fully saturated rings. The molecule has 3 N–H and O–H groups in total. The highest BCUT2D eigenvalue weighted by molar-refractivity contribution is 5.92. The lowest BCUT2D eigenvalue weighted by Crippen LogP contribution is -2.57. The first kappa shape index (κ1) is 22.1. The number of aliphatic carboxylic acids is 1. The number of nitrogens with one attached hydrogen (secondary N) is 2. The van der Waals surface area contributed by atoms with Gasteiger partial charge in [0.25, 0.3) is 0 Å². The monoisotopic (exact) mass is 422 g/mol. The van der Waals surface area contributed by atoms with Crippen LogP contribution >= 0.6 is 0 Å². The number of ether oxygens (including phenoxy) is 1. The average molecular weight is 422 g/mol. The van der Waals surface area contributed by atoms with Crippen LogP contribution in [0.15, 0.2) is 61.2 Å². The molecule has 0 aromatic heterocycles. The molecule has 0 saturated heterocycles. The Morgan fingerprint density at radius 1 is 1.10 bits per heavy atom. The van der Waals surface area contributed by atoms with E-state index in [0.29, 0.717) is 0 Å². The molecule has 1 atom stereocenters. The molecule has 2 aromatic rings. The third-order valence-corrected chi connectivity index (χ3v) is 5.33. The van der Waals surface area contributed by atoms with Gasteiger partial charge >= 0.3 is 12.1 Å². The van der Waals surface area contributed by atoms with Crippen molar-refractivity contribution in [2.75, 3.05) is 6.61 Å². The number of carboxylic acids is 1. The molecule has 7 nitrogen and oxygen atoms in total. The van der Waals surface area contributed by atoms with Crippen LogP contribution in [0.25, 0.3) is 11.1 Å². The lowest BCUT2D eigenvalue weighted by molar-refractivity contribution is -0.142. The molecule has 0 radical (unpaired) electrons. The highest BCUT2D eigenvalue weighted by atomic mass is 16.5. The van der Waals surface area contributed by atoms with Crippen LogP contribution in [0.5, 0.6) is 0 Å². The van der Waals surface area contributed by atoms with E-state index < -0.39 is 29.6 Å². The summed E-state index contributed by atoms with van der Waals surface area (Å²) < 4.78 is 5.46. The van der Waals surface area contributed by atoms with Gasteiger partial charge in [-0.05, 0) is 42.5 Å². The smallest absolute Gasteiger partial charge is 0.408 e. The summed E-state index contributed by atoms with van der Waals surface area (Å²) in [5.41, 5.74) is 3.05. The van der Waals surface area contributed by atoms with Crippen molar-refractivity contribution >= 4 is 18.0 Å². The standard InChI is InChI=1S/C24H26N2O5/c1-4-9-20(21(27)28)25-22(29)24(2,3)26-23(30)31-14-19-17-12-7-5-10-15(17)16-11-6-8-13-18(16)19/h4-8,10-13,19-20H,1,9,14H2,2-3H3,(H,25,29)(H,26,30)(H,27,28). The van der Waals surface area contributed by atoms with Crippen molar-refractivity contribution in [3.8, 4) is 11.1 Å².